The largest absolute Gasteiger partial charge is 0.366 e. The van der Waals surface area contributed by atoms with Crippen molar-refractivity contribution in [3.63, 3.8) is 0 Å². The molecule has 1 saturated heterocycles. The van der Waals surface area contributed by atoms with Crippen LogP contribution >= 0.6 is 0 Å². The van der Waals surface area contributed by atoms with E-state index >= 15 is 0 Å². The number of pyridine rings is 1. The second-order valence-electron chi connectivity index (χ2n) is 7.98. The predicted octanol–water partition coefficient (Wildman–Crippen LogP) is 4.31. The number of rotatable bonds is 4. The van der Waals surface area contributed by atoms with E-state index in [2.05, 4.69) is 4.98 Å². The first kappa shape index (κ1) is 21.3. The Balaban J connectivity index is 1.68. The van der Waals surface area contributed by atoms with Gasteiger partial charge in [-0.15, -0.1) is 0 Å². The zero-order valence-electron chi connectivity index (χ0n) is 18.0. The molecule has 0 saturated carbocycles. The zero-order valence-corrected chi connectivity index (χ0v) is 18.8. The highest BCUT2D eigenvalue weighted by atomic mass is 32.2. The molecule has 0 spiro atoms. The average Bonchev–Trinajstić information content (AvgIpc) is 2.74. The van der Waals surface area contributed by atoms with Gasteiger partial charge in [0.2, 0.25) is 9.84 Å². The van der Waals surface area contributed by atoms with Gasteiger partial charge >= 0.3 is 0 Å². The summed E-state index contributed by atoms with van der Waals surface area (Å²) >= 11 is 0. The van der Waals surface area contributed by atoms with E-state index in [4.69, 9.17) is 0 Å². The van der Waals surface area contributed by atoms with Gasteiger partial charge < -0.3 is 9.80 Å². The molecule has 4 rings (SSSR count). The first-order chi connectivity index (χ1) is 14.8. The van der Waals surface area contributed by atoms with E-state index in [1.54, 1.807) is 42.5 Å². The third kappa shape index (κ3) is 4.14. The maximum atomic E-state index is 14.2. The number of halogens is 1. The van der Waals surface area contributed by atoms with Crippen LogP contribution in [0.5, 0.6) is 0 Å². The molecule has 0 radical (unpaired) electrons. The Bertz CT molecular complexity index is 1200. The van der Waals surface area contributed by atoms with Crippen LogP contribution in [-0.2, 0) is 9.84 Å². The summed E-state index contributed by atoms with van der Waals surface area (Å²) in [5.74, 6) is 0.231. The van der Waals surface area contributed by atoms with Crippen molar-refractivity contribution in [1.82, 2.24) is 4.98 Å². The van der Waals surface area contributed by atoms with Gasteiger partial charge in [-0.2, -0.15) is 0 Å². The molecule has 0 aliphatic carbocycles. The first-order valence-corrected chi connectivity index (χ1v) is 11.8. The summed E-state index contributed by atoms with van der Waals surface area (Å²) in [5, 5.41) is 0. The van der Waals surface area contributed by atoms with Gasteiger partial charge in [-0.1, -0.05) is 29.8 Å². The SMILES string of the molecule is Cc1ccc(S(=O)(=O)c2c(C)cc(C)nc2N2CCN(c3ccccc3F)CC2)cc1. The Morgan fingerprint density at radius 3 is 2.13 bits per heavy atom. The molecule has 0 N–H and O–H groups in total. The summed E-state index contributed by atoms with van der Waals surface area (Å²) in [7, 11) is -3.73. The van der Waals surface area contributed by atoms with E-state index in [-0.39, 0.29) is 15.6 Å². The number of aryl methyl sites for hydroxylation is 3. The van der Waals surface area contributed by atoms with Gasteiger partial charge in [-0.3, -0.25) is 0 Å². The monoisotopic (exact) mass is 439 g/mol. The van der Waals surface area contributed by atoms with Crippen LogP contribution < -0.4 is 9.80 Å². The molecule has 1 fully saturated rings. The van der Waals surface area contributed by atoms with Crippen LogP contribution in [-0.4, -0.2) is 39.6 Å². The lowest BCUT2D eigenvalue weighted by Gasteiger charge is -2.37. The highest BCUT2D eigenvalue weighted by molar-refractivity contribution is 7.91. The fourth-order valence-electron chi connectivity index (χ4n) is 4.05. The van der Waals surface area contributed by atoms with Gasteiger partial charge in [0, 0.05) is 31.9 Å². The Hall–Kier alpha value is -2.93. The third-order valence-electron chi connectivity index (χ3n) is 5.64. The standard InChI is InChI=1S/C24H26FN3O2S/c1-17-8-10-20(11-9-17)31(29,30)23-18(2)16-19(3)26-24(23)28-14-12-27(13-15-28)22-7-5-4-6-21(22)25/h4-11,16H,12-15H2,1-3H3. The molecule has 7 heteroatoms. The van der Waals surface area contributed by atoms with E-state index < -0.39 is 9.84 Å². The maximum Gasteiger partial charge on any atom is 0.210 e. The Morgan fingerprint density at radius 1 is 0.871 bits per heavy atom. The van der Waals surface area contributed by atoms with Crippen LogP contribution in [0.15, 0.2) is 64.4 Å². The van der Waals surface area contributed by atoms with Crippen molar-refractivity contribution >= 4 is 21.3 Å². The lowest BCUT2D eigenvalue weighted by atomic mass is 10.2. The molecule has 3 aromatic rings. The lowest BCUT2D eigenvalue weighted by molar-refractivity contribution is 0.586. The summed E-state index contributed by atoms with van der Waals surface area (Å²) in [6.45, 7) is 7.89. The van der Waals surface area contributed by atoms with Gasteiger partial charge in [-0.25, -0.2) is 17.8 Å². The summed E-state index contributed by atoms with van der Waals surface area (Å²) in [6, 6.07) is 15.4. The molecule has 1 aliphatic rings. The van der Waals surface area contributed by atoms with E-state index in [0.717, 1.165) is 11.3 Å². The average molecular weight is 440 g/mol. The Labute approximate surface area is 183 Å². The highest BCUT2D eigenvalue weighted by Gasteiger charge is 2.30. The molecule has 0 atom stereocenters. The smallest absolute Gasteiger partial charge is 0.210 e. The van der Waals surface area contributed by atoms with Crippen molar-refractivity contribution in [2.24, 2.45) is 0 Å². The van der Waals surface area contributed by atoms with Gasteiger partial charge in [0.05, 0.1) is 10.6 Å². The molecular formula is C24H26FN3O2S. The van der Waals surface area contributed by atoms with E-state index in [9.17, 15) is 12.8 Å². The van der Waals surface area contributed by atoms with Crippen molar-refractivity contribution < 1.29 is 12.8 Å². The number of piperazine rings is 1. The number of anilines is 2. The Morgan fingerprint density at radius 2 is 1.48 bits per heavy atom. The minimum atomic E-state index is -3.73. The van der Waals surface area contributed by atoms with E-state index in [1.165, 1.54) is 6.07 Å². The maximum absolute atomic E-state index is 14.2. The van der Waals surface area contributed by atoms with Crippen LogP contribution in [0, 0.1) is 26.6 Å². The van der Waals surface area contributed by atoms with Crippen molar-refractivity contribution in [3.8, 4) is 0 Å². The van der Waals surface area contributed by atoms with Crippen molar-refractivity contribution in [2.45, 2.75) is 30.6 Å². The second-order valence-corrected chi connectivity index (χ2v) is 9.86. The van der Waals surface area contributed by atoms with E-state index in [1.807, 2.05) is 36.6 Å². The predicted molar refractivity (Wildman–Crippen MR) is 121 cm³/mol. The number of para-hydroxylation sites is 1. The topological polar surface area (TPSA) is 53.5 Å². The molecule has 1 aromatic heterocycles. The number of benzene rings is 2. The summed E-state index contributed by atoms with van der Waals surface area (Å²) in [4.78, 5) is 9.14. The Kier molecular flexibility index (Phi) is 5.71. The number of hydrogen-bond donors (Lipinski definition) is 0. The zero-order chi connectivity index (χ0) is 22.2. The van der Waals surface area contributed by atoms with Gasteiger partial charge in [0.15, 0.2) is 0 Å². The second kappa shape index (κ2) is 8.30. The quantitative estimate of drug-likeness (QED) is 0.607. The molecule has 1 aliphatic heterocycles. The van der Waals surface area contributed by atoms with Crippen LogP contribution in [0.3, 0.4) is 0 Å². The minimum Gasteiger partial charge on any atom is -0.366 e. The van der Waals surface area contributed by atoms with Crippen LogP contribution in [0.4, 0.5) is 15.9 Å². The van der Waals surface area contributed by atoms with E-state index in [0.29, 0.717) is 43.2 Å². The van der Waals surface area contributed by atoms with Gasteiger partial charge in [-0.05, 0) is 56.7 Å². The van der Waals surface area contributed by atoms with Crippen molar-refractivity contribution in [3.05, 3.63) is 77.2 Å². The summed E-state index contributed by atoms with van der Waals surface area (Å²) in [6.07, 6.45) is 0. The molecular weight excluding hydrogens is 413 g/mol. The molecule has 162 valence electrons. The third-order valence-corrected chi connectivity index (χ3v) is 7.58. The molecule has 2 aromatic carbocycles. The number of sulfone groups is 1. The molecule has 0 unspecified atom stereocenters. The normalized spacial score (nSPS) is 14.7. The molecule has 5 nitrogen and oxygen atoms in total. The summed E-state index contributed by atoms with van der Waals surface area (Å²) < 4.78 is 41.3. The van der Waals surface area contributed by atoms with Crippen molar-refractivity contribution in [2.75, 3.05) is 36.0 Å². The number of aromatic nitrogens is 1. The fraction of sp³-hybridized carbons (Fsp3) is 0.292. The first-order valence-electron chi connectivity index (χ1n) is 10.3. The number of hydrogen-bond acceptors (Lipinski definition) is 5. The molecule has 2 heterocycles. The minimum absolute atomic E-state index is 0.247. The molecule has 31 heavy (non-hydrogen) atoms. The number of nitrogens with zero attached hydrogens (tertiary/aromatic N) is 3. The fourth-order valence-corrected chi connectivity index (χ4v) is 5.68. The van der Waals surface area contributed by atoms with Crippen LogP contribution in [0.1, 0.15) is 16.8 Å². The van der Waals surface area contributed by atoms with Gasteiger partial charge in [0.25, 0.3) is 0 Å². The molecule has 0 amide bonds. The summed E-state index contributed by atoms with van der Waals surface area (Å²) in [5.41, 5.74) is 3.02. The highest BCUT2D eigenvalue weighted by Crippen LogP contribution is 2.33. The molecule has 0 bridgehead atoms. The van der Waals surface area contributed by atoms with Gasteiger partial charge in [0.1, 0.15) is 16.5 Å². The van der Waals surface area contributed by atoms with Crippen LogP contribution in [0.25, 0.3) is 0 Å². The lowest BCUT2D eigenvalue weighted by Crippen LogP contribution is -2.47. The van der Waals surface area contributed by atoms with Crippen LogP contribution in [0.2, 0.25) is 0 Å². The van der Waals surface area contributed by atoms with Crippen molar-refractivity contribution in [1.29, 1.82) is 0 Å².